The van der Waals surface area contributed by atoms with E-state index in [1.807, 2.05) is 6.92 Å². The van der Waals surface area contributed by atoms with Crippen LogP contribution in [0.1, 0.15) is 28.3 Å². The molecular weight excluding hydrogens is 276 g/mol. The number of alkyl halides is 1. The van der Waals surface area contributed by atoms with Crippen LogP contribution in [-0.2, 0) is 0 Å². The number of aryl methyl sites for hydroxylation is 1. The predicted molar refractivity (Wildman–Crippen MR) is 64.6 cm³/mol. The maximum Gasteiger partial charge on any atom is 0.270 e. The van der Waals surface area contributed by atoms with Crippen molar-refractivity contribution in [3.05, 3.63) is 16.1 Å². The summed E-state index contributed by atoms with van der Waals surface area (Å²) in [7, 11) is 0. The lowest BCUT2D eigenvalue weighted by Gasteiger charge is -2.11. The highest BCUT2D eigenvalue weighted by atomic mass is 79.9. The number of nitrogens with zero attached hydrogens (tertiary/aromatic N) is 1. The van der Waals surface area contributed by atoms with Crippen molar-refractivity contribution in [2.45, 2.75) is 19.8 Å². The molecule has 0 unspecified atom stereocenters. The number of hydrogen-bond acceptors (Lipinski definition) is 3. The molecule has 1 saturated carbocycles. The Bertz CT molecular complexity index is 373. The van der Waals surface area contributed by atoms with E-state index in [9.17, 15) is 4.79 Å². The van der Waals surface area contributed by atoms with Crippen molar-refractivity contribution in [2.24, 2.45) is 5.41 Å². The third kappa shape index (κ3) is 2.58. The van der Waals surface area contributed by atoms with E-state index in [2.05, 4.69) is 26.2 Å². The number of aromatic nitrogens is 1. The number of nitrogens with one attached hydrogen (secondary N) is 1. The molecule has 3 nitrogen and oxygen atoms in total. The molecule has 0 radical (unpaired) electrons. The van der Waals surface area contributed by atoms with E-state index in [1.165, 1.54) is 24.2 Å². The minimum absolute atomic E-state index is 0.0495. The fourth-order valence-electron chi connectivity index (χ4n) is 1.36. The van der Waals surface area contributed by atoms with E-state index in [0.717, 1.165) is 16.9 Å². The average molecular weight is 289 g/mol. The molecule has 0 atom stereocenters. The van der Waals surface area contributed by atoms with Gasteiger partial charge in [-0.3, -0.25) is 4.79 Å². The van der Waals surface area contributed by atoms with Crippen molar-refractivity contribution in [1.29, 1.82) is 0 Å². The first-order valence-corrected chi connectivity index (χ1v) is 6.92. The maximum atomic E-state index is 11.7. The molecule has 0 spiro atoms. The molecule has 1 aromatic heterocycles. The first-order valence-electron chi connectivity index (χ1n) is 4.91. The Hall–Kier alpha value is -0.420. The summed E-state index contributed by atoms with van der Waals surface area (Å²) in [5, 5.41) is 6.65. The molecule has 1 amide bonds. The normalized spacial score (nSPS) is 17.5. The fraction of sp³-hybridized carbons (Fsp3) is 0.600. The third-order valence-corrected chi connectivity index (χ3v) is 4.68. The molecule has 15 heavy (non-hydrogen) atoms. The van der Waals surface area contributed by atoms with E-state index in [-0.39, 0.29) is 5.91 Å². The number of amides is 1. The Labute approximate surface area is 101 Å². The van der Waals surface area contributed by atoms with Crippen LogP contribution in [0, 0.1) is 12.3 Å². The lowest BCUT2D eigenvalue weighted by molar-refractivity contribution is 0.0942. The van der Waals surface area contributed by atoms with Crippen molar-refractivity contribution in [3.63, 3.8) is 0 Å². The summed E-state index contributed by atoms with van der Waals surface area (Å²) in [6, 6.07) is 0. The van der Waals surface area contributed by atoms with E-state index < -0.39 is 0 Å². The van der Waals surface area contributed by atoms with Gasteiger partial charge in [0.1, 0.15) is 5.69 Å². The molecule has 0 aliphatic heterocycles. The highest BCUT2D eigenvalue weighted by Crippen LogP contribution is 2.46. The van der Waals surface area contributed by atoms with Crippen LogP contribution < -0.4 is 5.32 Å². The molecular formula is C10H13BrN2OS. The molecule has 1 aliphatic carbocycles. The molecule has 0 aromatic carbocycles. The summed E-state index contributed by atoms with van der Waals surface area (Å²) in [6.45, 7) is 2.66. The lowest BCUT2D eigenvalue weighted by atomic mass is 10.1. The first-order chi connectivity index (χ1) is 7.15. The topological polar surface area (TPSA) is 42.0 Å². The zero-order chi connectivity index (χ0) is 10.9. The molecule has 1 fully saturated rings. The van der Waals surface area contributed by atoms with E-state index in [1.54, 1.807) is 5.38 Å². The minimum Gasteiger partial charge on any atom is -0.350 e. The molecule has 5 heteroatoms. The SMILES string of the molecule is Cc1nc(C(=O)NCC2(CBr)CC2)cs1. The number of hydrogen-bond donors (Lipinski definition) is 1. The fourth-order valence-corrected chi connectivity index (χ4v) is 2.71. The van der Waals surface area contributed by atoms with Gasteiger partial charge in [-0.1, -0.05) is 15.9 Å². The lowest BCUT2D eigenvalue weighted by Crippen LogP contribution is -2.31. The number of halogens is 1. The van der Waals surface area contributed by atoms with Gasteiger partial charge in [-0.2, -0.15) is 0 Å². The number of rotatable bonds is 4. The van der Waals surface area contributed by atoms with Gasteiger partial charge in [0.05, 0.1) is 5.01 Å². The van der Waals surface area contributed by atoms with E-state index in [0.29, 0.717) is 11.1 Å². The van der Waals surface area contributed by atoms with Crippen LogP contribution in [0.4, 0.5) is 0 Å². The van der Waals surface area contributed by atoms with Gasteiger partial charge in [0.2, 0.25) is 0 Å². The Kier molecular flexibility index (Phi) is 3.11. The number of carbonyl (C=O) groups excluding carboxylic acids is 1. The molecule has 0 saturated heterocycles. The van der Waals surface area contributed by atoms with E-state index in [4.69, 9.17) is 0 Å². The van der Waals surface area contributed by atoms with Crippen LogP contribution in [0.15, 0.2) is 5.38 Å². The van der Waals surface area contributed by atoms with Gasteiger partial charge in [-0.25, -0.2) is 4.98 Å². The summed E-state index contributed by atoms with van der Waals surface area (Å²) in [5.41, 5.74) is 0.864. The third-order valence-electron chi connectivity index (χ3n) is 2.72. The van der Waals surface area contributed by atoms with Gasteiger partial charge in [-0.05, 0) is 25.2 Å². The van der Waals surface area contributed by atoms with Gasteiger partial charge in [0.25, 0.3) is 5.91 Å². The van der Waals surface area contributed by atoms with Crippen LogP contribution >= 0.6 is 27.3 Å². The summed E-state index contributed by atoms with van der Waals surface area (Å²) >= 11 is 4.99. The van der Waals surface area contributed by atoms with E-state index >= 15 is 0 Å². The Balaban J connectivity index is 1.88. The quantitative estimate of drug-likeness (QED) is 0.865. The molecule has 1 aliphatic rings. The van der Waals surface area contributed by atoms with Crippen molar-refractivity contribution in [3.8, 4) is 0 Å². The van der Waals surface area contributed by atoms with Crippen molar-refractivity contribution in [2.75, 3.05) is 11.9 Å². The average Bonchev–Trinajstić information content (AvgIpc) is 2.90. The second-order valence-electron chi connectivity index (χ2n) is 4.07. The first kappa shape index (κ1) is 11.1. The predicted octanol–water partition coefficient (Wildman–Crippen LogP) is 2.36. The second kappa shape index (κ2) is 4.22. The summed E-state index contributed by atoms with van der Waals surface area (Å²) in [5.74, 6) is -0.0495. The van der Waals surface area contributed by atoms with Crippen LogP contribution in [0.2, 0.25) is 0 Å². The monoisotopic (exact) mass is 288 g/mol. The standard InChI is InChI=1S/C10H13BrN2OS/c1-7-13-8(4-15-7)9(14)12-6-10(5-11)2-3-10/h4H,2-3,5-6H2,1H3,(H,12,14). The highest BCUT2D eigenvalue weighted by Gasteiger charge is 2.41. The largest absolute Gasteiger partial charge is 0.350 e. The zero-order valence-electron chi connectivity index (χ0n) is 8.55. The Morgan fingerprint density at radius 2 is 2.47 bits per heavy atom. The van der Waals surface area contributed by atoms with Gasteiger partial charge in [0, 0.05) is 17.3 Å². The Morgan fingerprint density at radius 1 is 1.73 bits per heavy atom. The van der Waals surface area contributed by atoms with Crippen LogP contribution in [0.5, 0.6) is 0 Å². The van der Waals surface area contributed by atoms with Crippen molar-refractivity contribution >= 4 is 33.2 Å². The van der Waals surface area contributed by atoms with Gasteiger partial charge >= 0.3 is 0 Å². The van der Waals surface area contributed by atoms with Gasteiger partial charge < -0.3 is 5.32 Å². The zero-order valence-corrected chi connectivity index (χ0v) is 10.9. The smallest absolute Gasteiger partial charge is 0.270 e. The van der Waals surface area contributed by atoms with Crippen molar-refractivity contribution in [1.82, 2.24) is 10.3 Å². The van der Waals surface area contributed by atoms with Crippen LogP contribution in [-0.4, -0.2) is 22.8 Å². The molecule has 0 bridgehead atoms. The molecule has 82 valence electrons. The van der Waals surface area contributed by atoms with Crippen molar-refractivity contribution < 1.29 is 4.79 Å². The van der Waals surface area contributed by atoms with Crippen LogP contribution in [0.25, 0.3) is 0 Å². The molecule has 1 heterocycles. The number of carbonyl (C=O) groups is 1. The molecule has 2 rings (SSSR count). The second-order valence-corrected chi connectivity index (χ2v) is 5.69. The van der Waals surface area contributed by atoms with Gasteiger partial charge in [0.15, 0.2) is 0 Å². The summed E-state index contributed by atoms with van der Waals surface area (Å²) in [6.07, 6.45) is 2.41. The van der Waals surface area contributed by atoms with Gasteiger partial charge in [-0.15, -0.1) is 11.3 Å². The minimum atomic E-state index is -0.0495. The highest BCUT2D eigenvalue weighted by molar-refractivity contribution is 9.09. The molecule has 1 aromatic rings. The number of thiazole rings is 1. The summed E-state index contributed by atoms with van der Waals surface area (Å²) < 4.78 is 0. The Morgan fingerprint density at radius 3 is 2.93 bits per heavy atom. The maximum absolute atomic E-state index is 11.7. The molecule has 1 N–H and O–H groups in total. The summed E-state index contributed by atoms with van der Waals surface area (Å²) in [4.78, 5) is 15.8. The van der Waals surface area contributed by atoms with Crippen LogP contribution in [0.3, 0.4) is 0 Å².